The fourth-order valence-corrected chi connectivity index (χ4v) is 4.35. The summed E-state index contributed by atoms with van der Waals surface area (Å²) < 4.78 is 17.3. The van der Waals surface area contributed by atoms with Crippen molar-refractivity contribution in [3.8, 4) is 85.5 Å². The molecule has 0 unspecified atom stereocenters. The molecule has 0 spiro atoms. The maximum absolute atomic E-state index is 12.1. The van der Waals surface area contributed by atoms with Crippen molar-refractivity contribution in [2.24, 2.45) is 0 Å². The van der Waals surface area contributed by atoms with Gasteiger partial charge in [0.25, 0.3) is 0 Å². The first-order valence-electron chi connectivity index (χ1n) is 11.8. The summed E-state index contributed by atoms with van der Waals surface area (Å²) >= 11 is 0. The lowest BCUT2D eigenvalue weighted by molar-refractivity contribution is 0.411. The normalized spacial score (nSPS) is 11.2. The highest BCUT2D eigenvalue weighted by molar-refractivity contribution is 5.75. The van der Waals surface area contributed by atoms with Gasteiger partial charge < -0.3 is 39.1 Å². The third kappa shape index (κ3) is 4.29. The van der Waals surface area contributed by atoms with Gasteiger partial charge in [-0.3, -0.25) is 9.59 Å². The first kappa shape index (κ1) is 24.4. The van der Waals surface area contributed by atoms with E-state index in [0.717, 1.165) is 12.1 Å². The van der Waals surface area contributed by atoms with Crippen LogP contribution >= 0.6 is 0 Å². The Labute approximate surface area is 224 Å². The third-order valence-corrected chi connectivity index (χ3v) is 6.20. The van der Waals surface area contributed by atoms with Gasteiger partial charge in [0.1, 0.15) is 62.9 Å². The molecule has 6 rings (SSSR count). The average Bonchev–Trinajstić information content (AvgIpc) is 2.89. The lowest BCUT2D eigenvalue weighted by Crippen LogP contribution is -2.04. The Kier molecular flexibility index (Phi) is 5.58. The molecule has 0 aromatic heterocycles. The molecule has 10 nitrogen and oxygen atoms in total. The van der Waals surface area contributed by atoms with Crippen LogP contribution in [0.2, 0.25) is 0 Å². The fraction of sp³-hybridized carbons (Fsp3) is 0. The molecule has 0 radical (unpaired) electrons. The molecule has 4 aliphatic rings. The number of rotatable bonds is 4. The van der Waals surface area contributed by atoms with Gasteiger partial charge in [-0.1, -0.05) is 0 Å². The van der Waals surface area contributed by atoms with Crippen LogP contribution in [0.4, 0.5) is 0 Å². The topological polar surface area (TPSA) is 171 Å². The van der Waals surface area contributed by atoms with E-state index in [9.17, 15) is 35.1 Å². The van der Waals surface area contributed by atoms with Gasteiger partial charge in [0.2, 0.25) is 0 Å². The Morgan fingerprint density at radius 2 is 1.00 bits per heavy atom. The summed E-state index contributed by atoms with van der Waals surface area (Å²) in [5.41, 5.74) is -0.356. The molecule has 2 aliphatic carbocycles. The number of fused-ring (bicyclic) bond motifs is 2. The highest BCUT2D eigenvalue weighted by Gasteiger charge is 2.20. The molecular formula is C30H18O10. The van der Waals surface area contributed by atoms with Crippen LogP contribution in [0.25, 0.3) is 45.3 Å². The van der Waals surface area contributed by atoms with Gasteiger partial charge in [-0.25, -0.2) is 0 Å². The van der Waals surface area contributed by atoms with Crippen LogP contribution in [0.5, 0.6) is 40.2 Å². The molecule has 2 aliphatic heterocycles. The molecule has 5 N–H and O–H groups in total. The minimum Gasteiger partial charge on any atom is -0.508 e. The van der Waals surface area contributed by atoms with Crippen molar-refractivity contribution >= 4 is 0 Å². The van der Waals surface area contributed by atoms with Gasteiger partial charge in [-0.2, -0.15) is 0 Å². The maximum atomic E-state index is 12.1. The first-order chi connectivity index (χ1) is 19.2. The van der Waals surface area contributed by atoms with E-state index in [2.05, 4.69) is 0 Å². The van der Waals surface area contributed by atoms with E-state index >= 15 is 0 Å². The summed E-state index contributed by atoms with van der Waals surface area (Å²) in [6, 6.07) is 17.7. The average molecular weight is 538 g/mol. The number of phenols is 3. The van der Waals surface area contributed by atoms with Gasteiger partial charge in [0.05, 0.1) is 0 Å². The van der Waals surface area contributed by atoms with E-state index in [4.69, 9.17) is 13.6 Å². The molecule has 0 amide bonds. The Morgan fingerprint density at radius 3 is 1.55 bits per heavy atom. The lowest BCUT2D eigenvalue weighted by Gasteiger charge is -2.13. The fourth-order valence-electron chi connectivity index (χ4n) is 4.35. The summed E-state index contributed by atoms with van der Waals surface area (Å²) in [7, 11) is 0. The molecule has 40 heavy (non-hydrogen) atoms. The highest BCUT2D eigenvalue weighted by atomic mass is 16.5. The molecule has 10 heteroatoms. The summed E-state index contributed by atoms with van der Waals surface area (Å²) in [4.78, 5) is 24.2. The van der Waals surface area contributed by atoms with Gasteiger partial charge in [-0.15, -0.1) is 0 Å². The SMILES string of the molecule is O=c1cc(O)cc2oc(-c3ccc(Oc4cc(-c5cc(O)c6c(=O)cc(O)cc-6o5)ccc4O)cc3)cc(O)c1-2. The number of hydrogen-bond donors (Lipinski definition) is 5. The summed E-state index contributed by atoms with van der Waals surface area (Å²) in [6.07, 6.45) is 0. The zero-order valence-electron chi connectivity index (χ0n) is 20.3. The van der Waals surface area contributed by atoms with Gasteiger partial charge in [0, 0.05) is 47.5 Å². The van der Waals surface area contributed by atoms with Crippen molar-refractivity contribution in [2.45, 2.75) is 0 Å². The Hall–Kier alpha value is -5.90. The quantitative estimate of drug-likeness (QED) is 0.194. The number of ether oxygens (including phenoxy) is 1. The second kappa shape index (κ2) is 9.14. The second-order valence-corrected chi connectivity index (χ2v) is 8.93. The molecule has 2 heterocycles. The Bertz CT molecular complexity index is 1970. The summed E-state index contributed by atoms with van der Waals surface area (Å²) in [5, 5.41) is 50.6. The molecule has 0 bridgehead atoms. The van der Waals surface area contributed by atoms with Crippen molar-refractivity contribution in [3.63, 3.8) is 0 Å². The molecule has 2 aromatic carbocycles. The molecule has 198 valence electrons. The van der Waals surface area contributed by atoms with E-state index in [-0.39, 0.29) is 68.7 Å². The number of hydrogen-bond acceptors (Lipinski definition) is 10. The maximum Gasteiger partial charge on any atom is 0.197 e. The molecule has 2 aromatic rings. The predicted molar refractivity (Wildman–Crippen MR) is 142 cm³/mol. The van der Waals surface area contributed by atoms with Crippen molar-refractivity contribution in [1.29, 1.82) is 0 Å². The van der Waals surface area contributed by atoms with Crippen LogP contribution < -0.4 is 15.6 Å². The summed E-state index contributed by atoms with van der Waals surface area (Å²) in [6.45, 7) is 0. The van der Waals surface area contributed by atoms with Crippen LogP contribution in [0.3, 0.4) is 0 Å². The smallest absolute Gasteiger partial charge is 0.197 e. The molecule has 0 saturated heterocycles. The number of phenolic OH excluding ortho intramolecular Hbond substituents is 3. The van der Waals surface area contributed by atoms with Crippen molar-refractivity contribution in [2.75, 3.05) is 0 Å². The van der Waals surface area contributed by atoms with Crippen LogP contribution in [0.1, 0.15) is 0 Å². The van der Waals surface area contributed by atoms with Crippen molar-refractivity contribution in [1.82, 2.24) is 0 Å². The van der Waals surface area contributed by atoms with E-state index in [1.54, 1.807) is 24.3 Å². The zero-order chi connectivity index (χ0) is 28.1. The minimum atomic E-state index is -0.596. The van der Waals surface area contributed by atoms with E-state index in [0.29, 0.717) is 16.9 Å². The van der Waals surface area contributed by atoms with Crippen LogP contribution in [0, 0.1) is 0 Å². The van der Waals surface area contributed by atoms with Crippen LogP contribution in [-0.2, 0) is 0 Å². The lowest BCUT2D eigenvalue weighted by atomic mass is 10.1. The molecule has 0 atom stereocenters. The summed E-state index contributed by atoms with van der Waals surface area (Å²) in [5.74, 6) is -0.621. The molecule has 0 saturated carbocycles. The van der Waals surface area contributed by atoms with Gasteiger partial charge in [-0.05, 0) is 42.5 Å². The van der Waals surface area contributed by atoms with Gasteiger partial charge >= 0.3 is 0 Å². The number of aromatic hydroxyl groups is 5. The predicted octanol–water partition coefficient (Wildman–Crippen LogP) is 5.46. The molecule has 0 fully saturated rings. The van der Waals surface area contributed by atoms with Crippen molar-refractivity contribution in [3.05, 3.63) is 99.3 Å². The number of benzene rings is 4. The minimum absolute atomic E-state index is 0.0158. The zero-order valence-corrected chi connectivity index (χ0v) is 20.3. The van der Waals surface area contributed by atoms with E-state index < -0.39 is 10.9 Å². The second-order valence-electron chi connectivity index (χ2n) is 8.93. The van der Waals surface area contributed by atoms with Gasteiger partial charge in [0.15, 0.2) is 22.4 Å². The largest absolute Gasteiger partial charge is 0.508 e. The third-order valence-electron chi connectivity index (χ3n) is 6.20. The van der Waals surface area contributed by atoms with E-state index in [1.165, 1.54) is 42.5 Å². The molecular weight excluding hydrogens is 520 g/mol. The van der Waals surface area contributed by atoms with Crippen LogP contribution in [0.15, 0.2) is 97.3 Å². The monoisotopic (exact) mass is 538 g/mol. The van der Waals surface area contributed by atoms with Crippen molar-refractivity contribution < 1.29 is 39.1 Å². The van der Waals surface area contributed by atoms with Crippen LogP contribution in [-0.4, -0.2) is 25.5 Å². The highest BCUT2D eigenvalue weighted by Crippen LogP contribution is 2.40. The Morgan fingerprint density at radius 1 is 0.500 bits per heavy atom. The first-order valence-corrected chi connectivity index (χ1v) is 11.8. The standard InChI is InChI=1S/C30H18O10/c31-16-8-20(34)29-22(36)12-24(39-27(29)10-16)14-1-4-18(5-2-14)38-26-7-15(3-6-19(26)33)25-13-23(37)30-21(35)9-17(32)11-28(30)40-25/h1-13,31-33,36-37H. The van der Waals surface area contributed by atoms with E-state index in [1.807, 2.05) is 0 Å². The Balaban J connectivity index is 1.31.